The molecule has 0 radical (unpaired) electrons. The lowest BCUT2D eigenvalue weighted by Crippen LogP contribution is -1.77. The molecule has 0 saturated heterocycles. The molecule has 0 aliphatic carbocycles. The van der Waals surface area contributed by atoms with Gasteiger partial charge in [-0.3, -0.25) is 0 Å². The zero-order chi connectivity index (χ0) is 15.4. The van der Waals surface area contributed by atoms with Crippen molar-refractivity contribution >= 4 is 6.29 Å². The SMILES string of the molecule is CCCCCCCCC#CCC#CCC#CCCCC=O. The predicted molar refractivity (Wildman–Crippen MR) is 90.5 cm³/mol. The van der Waals surface area contributed by atoms with Gasteiger partial charge in [-0.05, 0) is 12.8 Å². The topological polar surface area (TPSA) is 17.1 Å². The molecule has 1 heteroatoms. The smallest absolute Gasteiger partial charge is 0.120 e. The second-order valence-electron chi connectivity index (χ2n) is 4.99. The summed E-state index contributed by atoms with van der Waals surface area (Å²) in [6.45, 7) is 2.24. The van der Waals surface area contributed by atoms with E-state index in [1.807, 2.05) is 0 Å². The van der Waals surface area contributed by atoms with Gasteiger partial charge in [-0.1, -0.05) is 62.7 Å². The van der Waals surface area contributed by atoms with Gasteiger partial charge < -0.3 is 4.79 Å². The fourth-order valence-corrected chi connectivity index (χ4v) is 1.78. The van der Waals surface area contributed by atoms with Crippen molar-refractivity contribution in [3.05, 3.63) is 0 Å². The molecular weight excluding hydrogens is 256 g/mol. The van der Waals surface area contributed by atoms with Crippen LogP contribution in [0.3, 0.4) is 0 Å². The highest BCUT2D eigenvalue weighted by molar-refractivity contribution is 5.49. The Bertz CT molecular complexity index is 414. The van der Waals surface area contributed by atoms with Crippen molar-refractivity contribution in [2.24, 2.45) is 0 Å². The van der Waals surface area contributed by atoms with Crippen LogP contribution in [-0.4, -0.2) is 6.29 Å². The number of carbonyl (C=O) groups is 1. The number of rotatable bonds is 9. The summed E-state index contributed by atoms with van der Waals surface area (Å²) in [7, 11) is 0. The molecule has 0 amide bonds. The second-order valence-corrected chi connectivity index (χ2v) is 4.99. The Kier molecular flexibility index (Phi) is 16.9. The zero-order valence-electron chi connectivity index (χ0n) is 13.5. The van der Waals surface area contributed by atoms with Crippen molar-refractivity contribution in [1.82, 2.24) is 0 Å². The van der Waals surface area contributed by atoms with Gasteiger partial charge in [-0.2, -0.15) is 0 Å². The third-order valence-electron chi connectivity index (χ3n) is 3.01. The summed E-state index contributed by atoms with van der Waals surface area (Å²) in [5, 5.41) is 0. The Morgan fingerprint density at radius 2 is 1.19 bits per heavy atom. The molecular formula is C20H28O. The maximum Gasteiger partial charge on any atom is 0.120 e. The molecule has 1 nitrogen and oxygen atoms in total. The number of hydrogen-bond donors (Lipinski definition) is 0. The van der Waals surface area contributed by atoms with Crippen LogP contribution in [0.25, 0.3) is 0 Å². The number of aldehydes is 1. The molecule has 0 aromatic heterocycles. The molecule has 0 rings (SSSR count). The monoisotopic (exact) mass is 284 g/mol. The minimum Gasteiger partial charge on any atom is -0.303 e. The van der Waals surface area contributed by atoms with Gasteiger partial charge in [0.15, 0.2) is 0 Å². The van der Waals surface area contributed by atoms with Gasteiger partial charge in [0.1, 0.15) is 6.29 Å². The summed E-state index contributed by atoms with van der Waals surface area (Å²) in [5.74, 6) is 18.3. The molecule has 114 valence electrons. The first-order valence-electron chi connectivity index (χ1n) is 8.22. The van der Waals surface area contributed by atoms with Crippen molar-refractivity contribution in [3.8, 4) is 35.5 Å². The lowest BCUT2D eigenvalue weighted by Gasteiger charge is -1.96. The van der Waals surface area contributed by atoms with Crippen molar-refractivity contribution in [3.63, 3.8) is 0 Å². The highest BCUT2D eigenvalue weighted by Crippen LogP contribution is 2.06. The largest absolute Gasteiger partial charge is 0.303 e. The summed E-state index contributed by atoms with van der Waals surface area (Å²) in [5.41, 5.74) is 0. The van der Waals surface area contributed by atoms with Gasteiger partial charge in [0.25, 0.3) is 0 Å². The molecule has 0 atom stereocenters. The van der Waals surface area contributed by atoms with Crippen LogP contribution in [0, 0.1) is 35.5 Å². The average molecular weight is 284 g/mol. The van der Waals surface area contributed by atoms with Gasteiger partial charge in [0.05, 0.1) is 12.8 Å². The second kappa shape index (κ2) is 18.4. The van der Waals surface area contributed by atoms with E-state index in [1.165, 1.54) is 38.5 Å². The van der Waals surface area contributed by atoms with Crippen molar-refractivity contribution in [2.45, 2.75) is 84.0 Å². The Morgan fingerprint density at radius 1 is 0.667 bits per heavy atom. The lowest BCUT2D eigenvalue weighted by atomic mass is 10.1. The van der Waals surface area contributed by atoms with Crippen LogP contribution in [0.15, 0.2) is 0 Å². The van der Waals surface area contributed by atoms with Gasteiger partial charge in [0.2, 0.25) is 0 Å². The molecule has 0 fully saturated rings. The van der Waals surface area contributed by atoms with Crippen LogP contribution in [0.4, 0.5) is 0 Å². The van der Waals surface area contributed by atoms with E-state index in [0.717, 1.165) is 25.5 Å². The molecule has 21 heavy (non-hydrogen) atoms. The highest BCUT2D eigenvalue weighted by Gasteiger charge is 1.87. The number of carbonyl (C=O) groups excluding carboxylic acids is 1. The van der Waals surface area contributed by atoms with Gasteiger partial charge in [-0.15, -0.1) is 11.8 Å². The zero-order valence-corrected chi connectivity index (χ0v) is 13.5. The van der Waals surface area contributed by atoms with Crippen LogP contribution >= 0.6 is 0 Å². The van der Waals surface area contributed by atoms with E-state index in [-0.39, 0.29) is 0 Å². The minimum absolute atomic E-state index is 0.606. The van der Waals surface area contributed by atoms with E-state index in [9.17, 15) is 4.79 Å². The average Bonchev–Trinajstić information content (AvgIpc) is 2.50. The summed E-state index contributed by atoms with van der Waals surface area (Å²) in [4.78, 5) is 10.1. The Hall–Kier alpha value is -1.65. The van der Waals surface area contributed by atoms with E-state index in [4.69, 9.17) is 0 Å². The van der Waals surface area contributed by atoms with Crippen LogP contribution < -0.4 is 0 Å². The molecule has 0 saturated carbocycles. The molecule has 0 bridgehead atoms. The van der Waals surface area contributed by atoms with E-state index in [2.05, 4.69) is 42.4 Å². The highest BCUT2D eigenvalue weighted by atomic mass is 16.1. The predicted octanol–water partition coefficient (Wildman–Crippen LogP) is 4.90. The third kappa shape index (κ3) is 18.4. The first-order chi connectivity index (χ1) is 10.4. The van der Waals surface area contributed by atoms with E-state index in [0.29, 0.717) is 19.3 Å². The van der Waals surface area contributed by atoms with Crippen molar-refractivity contribution in [1.29, 1.82) is 0 Å². The summed E-state index contributed by atoms with van der Waals surface area (Å²) in [6, 6.07) is 0. The quantitative estimate of drug-likeness (QED) is 0.334. The lowest BCUT2D eigenvalue weighted by molar-refractivity contribution is -0.107. The maximum atomic E-state index is 10.1. The normalized spacial score (nSPS) is 8.62. The van der Waals surface area contributed by atoms with E-state index in [1.54, 1.807) is 0 Å². The van der Waals surface area contributed by atoms with Gasteiger partial charge in [-0.25, -0.2) is 0 Å². The van der Waals surface area contributed by atoms with Crippen molar-refractivity contribution < 1.29 is 4.79 Å². The number of hydrogen-bond acceptors (Lipinski definition) is 1. The van der Waals surface area contributed by atoms with E-state index >= 15 is 0 Å². The molecule has 0 aliphatic rings. The summed E-state index contributed by atoms with van der Waals surface area (Å²) >= 11 is 0. The first kappa shape index (κ1) is 19.4. The summed E-state index contributed by atoms with van der Waals surface area (Å²) in [6.07, 6.45) is 13.4. The van der Waals surface area contributed by atoms with Gasteiger partial charge >= 0.3 is 0 Å². The van der Waals surface area contributed by atoms with Gasteiger partial charge in [0, 0.05) is 19.3 Å². The fourth-order valence-electron chi connectivity index (χ4n) is 1.78. The maximum absolute atomic E-state index is 10.1. The van der Waals surface area contributed by atoms with Crippen LogP contribution in [-0.2, 0) is 4.79 Å². The van der Waals surface area contributed by atoms with E-state index < -0.39 is 0 Å². The fraction of sp³-hybridized carbons (Fsp3) is 0.650. The molecule has 0 aromatic rings. The number of unbranched alkanes of at least 4 members (excludes halogenated alkanes) is 8. The first-order valence-corrected chi connectivity index (χ1v) is 8.22. The molecule has 0 aliphatic heterocycles. The molecule has 0 N–H and O–H groups in total. The standard InChI is InChI=1S/C20H28O/c1-2-3-4-5-6-7-8-9-10-11-12-13-14-15-16-17-18-19-20-21/h20H,2-8,11,14,17-19H2,1H3. The van der Waals surface area contributed by atoms with Crippen LogP contribution in [0.1, 0.15) is 84.0 Å². The summed E-state index contributed by atoms with van der Waals surface area (Å²) < 4.78 is 0. The van der Waals surface area contributed by atoms with Crippen LogP contribution in [0.2, 0.25) is 0 Å². The molecule has 0 heterocycles. The molecule has 0 aromatic carbocycles. The minimum atomic E-state index is 0.606. The van der Waals surface area contributed by atoms with Crippen molar-refractivity contribution in [2.75, 3.05) is 0 Å². The Balaban J connectivity index is 3.40. The third-order valence-corrected chi connectivity index (χ3v) is 3.01. The Labute approximate surface area is 131 Å². The molecule has 0 spiro atoms. The Morgan fingerprint density at radius 3 is 1.81 bits per heavy atom. The van der Waals surface area contributed by atoms with Crippen LogP contribution in [0.5, 0.6) is 0 Å². The molecule has 0 unspecified atom stereocenters.